The van der Waals surface area contributed by atoms with Gasteiger partial charge in [0.15, 0.2) is 0 Å². The zero-order chi connectivity index (χ0) is 28.7. The lowest BCUT2D eigenvalue weighted by atomic mass is 10.0. The van der Waals surface area contributed by atoms with E-state index < -0.39 is 30.3 Å². The van der Waals surface area contributed by atoms with Crippen molar-refractivity contribution in [1.82, 2.24) is 5.32 Å². The summed E-state index contributed by atoms with van der Waals surface area (Å²) in [4.78, 5) is 25.3. The molecule has 0 spiro atoms. The molecule has 4 rings (SSSR count). The predicted molar refractivity (Wildman–Crippen MR) is 156 cm³/mol. The summed E-state index contributed by atoms with van der Waals surface area (Å²) in [6.07, 6.45) is -2.72. The fourth-order valence-corrected chi connectivity index (χ4v) is 4.30. The van der Waals surface area contributed by atoms with Crippen LogP contribution in [0.1, 0.15) is 27.0 Å². The maximum Gasteiger partial charge on any atom is 0.251 e. The van der Waals surface area contributed by atoms with Crippen LogP contribution in [0.25, 0.3) is 0 Å². The number of hydrogen-bond acceptors (Lipinski definition) is 6. The number of carbonyl (C=O) groups is 2. The van der Waals surface area contributed by atoms with Gasteiger partial charge in [0, 0.05) is 5.56 Å². The first-order valence-electron chi connectivity index (χ1n) is 13.6. The van der Waals surface area contributed by atoms with Crippen LogP contribution in [0.15, 0.2) is 121 Å². The third kappa shape index (κ3) is 9.48. The van der Waals surface area contributed by atoms with E-state index in [2.05, 4.69) is 5.32 Å². The number of aliphatic hydroxyl groups excluding tert-OH is 1. The highest BCUT2D eigenvalue weighted by Gasteiger charge is 2.36. The molecule has 0 bridgehead atoms. The van der Waals surface area contributed by atoms with Crippen LogP contribution in [-0.4, -0.2) is 48.3 Å². The topological polar surface area (TPSA) is 94.1 Å². The Morgan fingerprint density at radius 2 is 1.15 bits per heavy atom. The molecule has 4 aromatic rings. The van der Waals surface area contributed by atoms with Crippen molar-refractivity contribution >= 4 is 12.2 Å². The average molecular weight is 554 g/mol. The quantitative estimate of drug-likeness (QED) is 0.195. The van der Waals surface area contributed by atoms with E-state index in [4.69, 9.17) is 14.2 Å². The van der Waals surface area contributed by atoms with Gasteiger partial charge in [0.1, 0.15) is 30.6 Å². The van der Waals surface area contributed by atoms with Crippen LogP contribution >= 0.6 is 0 Å². The number of rotatable bonds is 16. The molecule has 0 aliphatic heterocycles. The van der Waals surface area contributed by atoms with Gasteiger partial charge < -0.3 is 29.4 Å². The van der Waals surface area contributed by atoms with E-state index in [9.17, 15) is 14.7 Å². The molecule has 41 heavy (non-hydrogen) atoms. The van der Waals surface area contributed by atoms with Crippen molar-refractivity contribution in [3.8, 4) is 0 Å². The van der Waals surface area contributed by atoms with Gasteiger partial charge in [-0.25, -0.2) is 0 Å². The molecule has 4 aromatic carbocycles. The highest BCUT2D eigenvalue weighted by atomic mass is 16.5. The van der Waals surface area contributed by atoms with Gasteiger partial charge in [0.05, 0.1) is 26.4 Å². The number of benzene rings is 4. The minimum atomic E-state index is -1.32. The second-order valence-electron chi connectivity index (χ2n) is 9.59. The molecule has 212 valence electrons. The summed E-state index contributed by atoms with van der Waals surface area (Å²) >= 11 is 0. The first-order valence-corrected chi connectivity index (χ1v) is 13.6. The molecule has 4 atom stereocenters. The van der Waals surface area contributed by atoms with E-state index >= 15 is 0 Å². The molecule has 0 fully saturated rings. The lowest BCUT2D eigenvalue weighted by molar-refractivity contribution is -0.151. The number of carbonyl (C=O) groups excluding carboxylic acids is 2. The average Bonchev–Trinajstić information content (AvgIpc) is 3.03. The summed E-state index contributed by atoms with van der Waals surface area (Å²) in [6, 6.07) is 36.1. The Bertz CT molecular complexity index is 1300. The first kappa shape index (κ1) is 29.8. The highest BCUT2D eigenvalue weighted by Crippen LogP contribution is 2.18. The molecule has 4 unspecified atom stereocenters. The number of aliphatic hydroxyl groups is 1. The molecule has 0 aromatic heterocycles. The van der Waals surface area contributed by atoms with Crippen LogP contribution in [0.5, 0.6) is 0 Å². The van der Waals surface area contributed by atoms with Gasteiger partial charge in [-0.3, -0.25) is 4.79 Å². The largest absolute Gasteiger partial charge is 0.387 e. The Labute approximate surface area is 240 Å². The molecule has 7 nitrogen and oxygen atoms in total. The van der Waals surface area contributed by atoms with E-state index in [0.717, 1.165) is 16.7 Å². The molecule has 7 heteroatoms. The van der Waals surface area contributed by atoms with Gasteiger partial charge in [0.2, 0.25) is 0 Å². The van der Waals surface area contributed by atoms with E-state index in [1.807, 2.05) is 91.0 Å². The summed E-state index contributed by atoms with van der Waals surface area (Å²) in [6.45, 7) is 0.678. The van der Waals surface area contributed by atoms with Crippen LogP contribution in [0.2, 0.25) is 0 Å². The van der Waals surface area contributed by atoms with Gasteiger partial charge in [-0.1, -0.05) is 109 Å². The fourth-order valence-electron chi connectivity index (χ4n) is 4.30. The third-order valence-corrected chi connectivity index (χ3v) is 6.54. The second-order valence-corrected chi connectivity index (χ2v) is 9.59. The summed E-state index contributed by atoms with van der Waals surface area (Å²) in [5, 5.41) is 14.4. The number of nitrogens with one attached hydrogen (secondary N) is 1. The van der Waals surface area contributed by atoms with Crippen molar-refractivity contribution in [3.63, 3.8) is 0 Å². The van der Waals surface area contributed by atoms with Crippen molar-refractivity contribution < 1.29 is 28.9 Å². The van der Waals surface area contributed by atoms with Gasteiger partial charge >= 0.3 is 0 Å². The third-order valence-electron chi connectivity index (χ3n) is 6.54. The highest BCUT2D eigenvalue weighted by molar-refractivity contribution is 5.95. The van der Waals surface area contributed by atoms with E-state index in [-0.39, 0.29) is 19.8 Å². The Morgan fingerprint density at radius 1 is 0.683 bits per heavy atom. The van der Waals surface area contributed by atoms with Crippen LogP contribution in [0.3, 0.4) is 0 Å². The molecule has 0 saturated carbocycles. The molecule has 0 aliphatic carbocycles. The molecule has 0 heterocycles. The van der Waals surface area contributed by atoms with Gasteiger partial charge in [-0.05, 0) is 28.8 Å². The van der Waals surface area contributed by atoms with Gasteiger partial charge in [-0.15, -0.1) is 0 Å². The Balaban J connectivity index is 1.54. The molecule has 0 saturated heterocycles. The summed E-state index contributed by atoms with van der Waals surface area (Å²) in [7, 11) is 0. The molecule has 0 aliphatic rings. The monoisotopic (exact) mass is 553 g/mol. The summed E-state index contributed by atoms with van der Waals surface area (Å²) in [5.74, 6) is -0.453. The van der Waals surface area contributed by atoms with Crippen molar-refractivity contribution in [2.75, 3.05) is 6.61 Å². The predicted octanol–water partition coefficient (Wildman–Crippen LogP) is 4.73. The minimum absolute atomic E-state index is 0.0340. The van der Waals surface area contributed by atoms with Crippen LogP contribution in [0, 0.1) is 0 Å². The molecule has 0 radical (unpaired) electrons. The van der Waals surface area contributed by atoms with Gasteiger partial charge in [-0.2, -0.15) is 0 Å². The Kier molecular flexibility index (Phi) is 11.8. The molecular weight excluding hydrogens is 518 g/mol. The normalized spacial score (nSPS) is 14.0. The second kappa shape index (κ2) is 16.2. The zero-order valence-electron chi connectivity index (χ0n) is 22.8. The van der Waals surface area contributed by atoms with Crippen molar-refractivity contribution in [1.29, 1.82) is 0 Å². The fraction of sp³-hybridized carbons (Fsp3) is 0.235. The summed E-state index contributed by atoms with van der Waals surface area (Å²) in [5.41, 5.74) is 3.13. The SMILES string of the molecule is O=CC(NC(=O)c1ccccc1)C(OCc1ccccc1)C(O)C(COCc1ccccc1)OCc1ccccc1. The molecule has 2 N–H and O–H groups in total. The lowest BCUT2D eigenvalue weighted by Gasteiger charge is -2.33. The van der Waals surface area contributed by atoms with E-state index in [1.165, 1.54) is 0 Å². The van der Waals surface area contributed by atoms with Crippen LogP contribution in [0.4, 0.5) is 0 Å². The smallest absolute Gasteiger partial charge is 0.251 e. The minimum Gasteiger partial charge on any atom is -0.387 e. The van der Waals surface area contributed by atoms with Crippen molar-refractivity contribution in [3.05, 3.63) is 144 Å². The van der Waals surface area contributed by atoms with Crippen molar-refractivity contribution in [2.45, 2.75) is 44.2 Å². The maximum atomic E-state index is 13.0. The number of hydrogen-bond donors (Lipinski definition) is 2. The van der Waals surface area contributed by atoms with Crippen LogP contribution < -0.4 is 5.32 Å². The zero-order valence-corrected chi connectivity index (χ0v) is 22.8. The van der Waals surface area contributed by atoms with E-state index in [1.54, 1.807) is 30.3 Å². The first-order chi connectivity index (χ1) is 20.1. The number of ether oxygens (including phenoxy) is 3. The number of aldehydes is 1. The number of amides is 1. The lowest BCUT2D eigenvalue weighted by Crippen LogP contribution is -2.55. The Morgan fingerprint density at radius 3 is 1.66 bits per heavy atom. The Hall–Kier alpha value is -4.14. The molecule has 1 amide bonds. The molecular formula is C34H35NO6. The maximum absolute atomic E-state index is 13.0. The standard InChI is InChI=1S/C34H35NO6/c36-21-30(35-34(38)29-19-11-4-12-20-29)33(41-24-28-17-9-3-10-18-28)32(37)31(40-23-27-15-7-2-8-16-27)25-39-22-26-13-5-1-6-14-26/h1-21,30-33,37H,22-25H2,(H,35,38). The van der Waals surface area contributed by atoms with Gasteiger partial charge in [0.25, 0.3) is 5.91 Å². The summed E-state index contributed by atoms with van der Waals surface area (Å²) < 4.78 is 18.3. The van der Waals surface area contributed by atoms with Crippen LogP contribution in [-0.2, 0) is 38.8 Å². The van der Waals surface area contributed by atoms with E-state index in [0.29, 0.717) is 18.5 Å². The van der Waals surface area contributed by atoms with Crippen molar-refractivity contribution in [2.24, 2.45) is 0 Å².